The third-order valence-corrected chi connectivity index (χ3v) is 5.51. The highest BCUT2D eigenvalue weighted by Crippen LogP contribution is 2.56. The van der Waals surface area contributed by atoms with Crippen LogP contribution in [0.25, 0.3) is 0 Å². The molecule has 0 aromatic heterocycles. The van der Waals surface area contributed by atoms with E-state index in [1.54, 1.807) is 0 Å². The van der Waals surface area contributed by atoms with Gasteiger partial charge in [0.2, 0.25) is 0 Å². The minimum atomic E-state index is -1.48. The van der Waals surface area contributed by atoms with Crippen LogP contribution in [0, 0.1) is 17.8 Å². The topological polar surface area (TPSA) is 26.3 Å². The van der Waals surface area contributed by atoms with Gasteiger partial charge in [-0.25, -0.2) is 0 Å². The molecule has 2 atom stereocenters. The lowest BCUT2D eigenvalue weighted by Crippen LogP contribution is -2.58. The van der Waals surface area contributed by atoms with Gasteiger partial charge in [0.15, 0.2) is 8.32 Å². The van der Waals surface area contributed by atoms with E-state index >= 15 is 0 Å². The highest BCUT2D eigenvalue weighted by molar-refractivity contribution is 6.69. The number of ketones is 1. The molecule has 3 heteroatoms. The fourth-order valence-corrected chi connectivity index (χ4v) is 6.00. The zero-order valence-corrected chi connectivity index (χ0v) is 11.6. The number of hydrogen-bond acceptors (Lipinski definition) is 2. The van der Waals surface area contributed by atoms with Crippen molar-refractivity contribution >= 4 is 14.1 Å². The summed E-state index contributed by atoms with van der Waals surface area (Å²) in [6.45, 7) is 6.81. The van der Waals surface area contributed by atoms with Crippen LogP contribution in [0.15, 0.2) is 0 Å². The average Bonchev–Trinajstić information content (AvgIpc) is 2.08. The molecule has 0 spiro atoms. The van der Waals surface area contributed by atoms with Crippen LogP contribution in [0.1, 0.15) is 32.1 Å². The molecule has 4 rings (SSSR count). The molecule has 0 radical (unpaired) electrons. The Bertz CT molecular complexity index is 313. The fraction of sp³-hybridized carbons (Fsp3) is 0.923. The lowest BCUT2D eigenvalue weighted by atomic mass is 9.54. The summed E-state index contributed by atoms with van der Waals surface area (Å²) in [7, 11) is -1.48. The molecular weight excluding hydrogens is 216 g/mol. The predicted molar refractivity (Wildman–Crippen MR) is 65.7 cm³/mol. The normalized spacial score (nSPS) is 46.4. The fourth-order valence-electron chi connectivity index (χ4n) is 4.45. The lowest BCUT2D eigenvalue weighted by Gasteiger charge is -2.57. The zero-order chi connectivity index (χ0) is 11.6. The van der Waals surface area contributed by atoms with Crippen molar-refractivity contribution in [3.63, 3.8) is 0 Å². The monoisotopic (exact) mass is 238 g/mol. The molecule has 0 aromatic carbocycles. The van der Waals surface area contributed by atoms with Gasteiger partial charge in [-0.05, 0) is 57.7 Å². The SMILES string of the molecule is C[Si](C)(C)OC12CC3CC(C1)C(=O)C(C3)C2. The van der Waals surface area contributed by atoms with Gasteiger partial charge < -0.3 is 4.43 Å². The maximum Gasteiger partial charge on any atom is 0.184 e. The molecule has 4 aliphatic carbocycles. The molecular formula is C13H22O2Si. The minimum absolute atomic E-state index is 0.106. The van der Waals surface area contributed by atoms with E-state index in [1.807, 2.05) is 0 Å². The average molecular weight is 238 g/mol. The van der Waals surface area contributed by atoms with Crippen molar-refractivity contribution < 1.29 is 9.22 Å². The first-order valence-corrected chi connectivity index (χ1v) is 10.0. The maximum atomic E-state index is 12.0. The van der Waals surface area contributed by atoms with E-state index in [0.717, 1.165) is 31.6 Å². The summed E-state index contributed by atoms with van der Waals surface area (Å²) in [5.74, 6) is 2.04. The third-order valence-electron chi connectivity index (χ3n) is 4.46. The first kappa shape index (κ1) is 11.0. The van der Waals surface area contributed by atoms with Gasteiger partial charge in [0.1, 0.15) is 5.78 Å². The summed E-state index contributed by atoms with van der Waals surface area (Å²) in [6.07, 6.45) is 5.61. The van der Waals surface area contributed by atoms with E-state index in [9.17, 15) is 4.79 Å². The summed E-state index contributed by atoms with van der Waals surface area (Å²) >= 11 is 0. The molecule has 2 nitrogen and oxygen atoms in total. The van der Waals surface area contributed by atoms with E-state index in [2.05, 4.69) is 19.6 Å². The van der Waals surface area contributed by atoms with Crippen molar-refractivity contribution in [3.8, 4) is 0 Å². The molecule has 2 unspecified atom stereocenters. The first-order chi connectivity index (χ1) is 7.37. The van der Waals surface area contributed by atoms with Crippen LogP contribution in [-0.2, 0) is 9.22 Å². The molecule has 0 heterocycles. The van der Waals surface area contributed by atoms with E-state index in [4.69, 9.17) is 4.43 Å². The first-order valence-electron chi connectivity index (χ1n) is 6.61. The van der Waals surface area contributed by atoms with E-state index in [-0.39, 0.29) is 5.60 Å². The molecule has 0 saturated heterocycles. The second kappa shape index (κ2) is 3.20. The number of carbonyl (C=O) groups is 1. The minimum Gasteiger partial charge on any atom is -0.412 e. The number of Topliss-reactive ketones (excluding diaryl/α,β-unsaturated/α-hetero) is 1. The molecule has 0 amide bonds. The van der Waals surface area contributed by atoms with Crippen molar-refractivity contribution in [2.75, 3.05) is 0 Å². The van der Waals surface area contributed by atoms with Crippen molar-refractivity contribution in [2.45, 2.75) is 57.3 Å². The maximum absolute atomic E-state index is 12.0. The van der Waals surface area contributed by atoms with Gasteiger partial charge in [0.05, 0.1) is 5.60 Å². The highest BCUT2D eigenvalue weighted by atomic mass is 28.4. The van der Waals surface area contributed by atoms with E-state index in [1.165, 1.54) is 6.42 Å². The van der Waals surface area contributed by atoms with Gasteiger partial charge in [-0.15, -0.1) is 0 Å². The highest BCUT2D eigenvalue weighted by Gasteiger charge is 2.56. The second-order valence-electron chi connectivity index (χ2n) is 7.14. The molecule has 0 aromatic rings. The van der Waals surface area contributed by atoms with Gasteiger partial charge in [-0.1, -0.05) is 0 Å². The molecule has 16 heavy (non-hydrogen) atoms. The van der Waals surface area contributed by atoms with E-state index < -0.39 is 8.32 Å². The summed E-state index contributed by atoms with van der Waals surface area (Å²) in [5.41, 5.74) is 0.106. The molecule has 4 fully saturated rings. The Morgan fingerprint density at radius 2 is 1.69 bits per heavy atom. The Hall–Kier alpha value is -0.153. The van der Waals surface area contributed by atoms with E-state index in [0.29, 0.717) is 17.6 Å². The summed E-state index contributed by atoms with van der Waals surface area (Å²) in [6, 6.07) is 0. The lowest BCUT2D eigenvalue weighted by molar-refractivity contribution is -0.157. The summed E-state index contributed by atoms with van der Waals surface area (Å²) in [4.78, 5) is 12.0. The standard InChI is InChI=1S/C13H22O2Si/c1-16(2,3)15-13-6-9-4-10(7-13)12(14)11(5-9)8-13/h9-11H,4-8H2,1-3H3. The van der Waals surface area contributed by atoms with Crippen molar-refractivity contribution in [1.82, 2.24) is 0 Å². The predicted octanol–water partition coefficient (Wildman–Crippen LogP) is 2.99. The number of hydrogen-bond donors (Lipinski definition) is 0. The van der Waals surface area contributed by atoms with Crippen LogP contribution >= 0.6 is 0 Å². The molecule has 0 aliphatic heterocycles. The van der Waals surface area contributed by atoms with Crippen LogP contribution in [0.3, 0.4) is 0 Å². The Kier molecular flexibility index (Phi) is 2.19. The molecule has 4 aliphatic rings. The third kappa shape index (κ3) is 1.68. The van der Waals surface area contributed by atoms with Gasteiger partial charge in [-0.2, -0.15) is 0 Å². The summed E-state index contributed by atoms with van der Waals surface area (Å²) in [5, 5.41) is 0. The zero-order valence-electron chi connectivity index (χ0n) is 10.6. The van der Waals surface area contributed by atoms with Crippen molar-refractivity contribution in [1.29, 1.82) is 0 Å². The number of carbonyl (C=O) groups excluding carboxylic acids is 1. The van der Waals surface area contributed by atoms with Gasteiger partial charge in [0, 0.05) is 11.8 Å². The largest absolute Gasteiger partial charge is 0.412 e. The van der Waals surface area contributed by atoms with Gasteiger partial charge in [-0.3, -0.25) is 4.79 Å². The van der Waals surface area contributed by atoms with Crippen LogP contribution in [0.2, 0.25) is 19.6 Å². The Balaban J connectivity index is 1.86. The second-order valence-corrected chi connectivity index (χ2v) is 11.6. The molecule has 90 valence electrons. The number of rotatable bonds is 2. The van der Waals surface area contributed by atoms with Crippen molar-refractivity contribution in [3.05, 3.63) is 0 Å². The smallest absolute Gasteiger partial charge is 0.184 e. The Labute approximate surface area is 98.9 Å². The Morgan fingerprint density at radius 3 is 2.19 bits per heavy atom. The van der Waals surface area contributed by atoms with Gasteiger partial charge >= 0.3 is 0 Å². The van der Waals surface area contributed by atoms with Crippen molar-refractivity contribution in [2.24, 2.45) is 17.8 Å². The Morgan fingerprint density at radius 1 is 1.12 bits per heavy atom. The summed E-state index contributed by atoms with van der Waals surface area (Å²) < 4.78 is 6.47. The molecule has 4 saturated carbocycles. The van der Waals surface area contributed by atoms with Crippen LogP contribution in [0.5, 0.6) is 0 Å². The molecule has 0 N–H and O–H groups in total. The van der Waals surface area contributed by atoms with Gasteiger partial charge in [0.25, 0.3) is 0 Å². The quantitative estimate of drug-likeness (QED) is 0.691. The van der Waals surface area contributed by atoms with Crippen LogP contribution in [-0.4, -0.2) is 19.7 Å². The molecule has 4 bridgehead atoms. The van der Waals surface area contributed by atoms with Crippen LogP contribution in [0.4, 0.5) is 0 Å². The van der Waals surface area contributed by atoms with Crippen LogP contribution < -0.4 is 0 Å².